The van der Waals surface area contributed by atoms with E-state index >= 15 is 0 Å². The molecule has 0 unspecified atom stereocenters. The second-order valence-corrected chi connectivity index (χ2v) is 6.78. The molecule has 102 valence electrons. The van der Waals surface area contributed by atoms with Crippen LogP contribution in [-0.2, 0) is 6.54 Å². The van der Waals surface area contributed by atoms with Crippen LogP contribution < -0.4 is 10.9 Å². The largest absolute Gasteiger partial charge is 0.315 e. The van der Waals surface area contributed by atoms with Crippen LogP contribution in [0.5, 0.6) is 0 Å². The number of aryl methyl sites for hydroxylation is 1. The zero-order valence-electron chi connectivity index (χ0n) is 11.6. The van der Waals surface area contributed by atoms with E-state index in [-0.39, 0.29) is 5.56 Å². The Balaban J connectivity index is 2.41. The predicted molar refractivity (Wildman–Crippen MR) is 82.9 cm³/mol. The van der Waals surface area contributed by atoms with Crippen molar-refractivity contribution in [1.82, 2.24) is 14.9 Å². The van der Waals surface area contributed by atoms with Crippen LogP contribution in [0.2, 0.25) is 0 Å². The van der Waals surface area contributed by atoms with Crippen LogP contribution in [-0.4, -0.2) is 22.6 Å². The van der Waals surface area contributed by atoms with E-state index in [1.54, 1.807) is 10.9 Å². The standard InChI is InChI=1S/C13H22IN3O/c1-10-11(14)12(18)17(9-16-10)8-7-15-6-5-13(2,3)4/h9,15H,5-8H2,1-4H3. The first kappa shape index (κ1) is 15.6. The molecular weight excluding hydrogens is 341 g/mol. The molecule has 0 saturated carbocycles. The zero-order valence-corrected chi connectivity index (χ0v) is 13.7. The minimum absolute atomic E-state index is 0.0562. The van der Waals surface area contributed by atoms with Gasteiger partial charge in [-0.25, -0.2) is 4.98 Å². The first-order valence-corrected chi connectivity index (χ1v) is 7.31. The summed E-state index contributed by atoms with van der Waals surface area (Å²) >= 11 is 2.06. The Morgan fingerprint density at radius 2 is 2.06 bits per heavy atom. The van der Waals surface area contributed by atoms with E-state index in [9.17, 15) is 4.79 Å². The molecule has 0 radical (unpaired) electrons. The van der Waals surface area contributed by atoms with Crippen LogP contribution in [0, 0.1) is 15.9 Å². The third kappa shape index (κ3) is 5.06. The molecular formula is C13H22IN3O. The summed E-state index contributed by atoms with van der Waals surface area (Å²) in [5.74, 6) is 0. The molecule has 1 N–H and O–H groups in total. The van der Waals surface area contributed by atoms with Crippen LogP contribution >= 0.6 is 22.6 Å². The molecule has 1 rings (SSSR count). The van der Waals surface area contributed by atoms with Crippen LogP contribution in [0.3, 0.4) is 0 Å². The Bertz CT molecular complexity index is 449. The summed E-state index contributed by atoms with van der Waals surface area (Å²) < 4.78 is 2.38. The molecule has 1 heterocycles. The van der Waals surface area contributed by atoms with Gasteiger partial charge in [0.2, 0.25) is 0 Å². The molecule has 0 aromatic carbocycles. The lowest BCUT2D eigenvalue weighted by molar-refractivity contribution is 0.365. The molecule has 1 aromatic heterocycles. The Kier molecular flexibility index (Phi) is 5.78. The minimum atomic E-state index is 0.0562. The summed E-state index contributed by atoms with van der Waals surface area (Å²) in [5, 5.41) is 3.36. The first-order valence-electron chi connectivity index (χ1n) is 6.23. The molecule has 0 atom stereocenters. The van der Waals surface area contributed by atoms with Crippen molar-refractivity contribution in [1.29, 1.82) is 0 Å². The predicted octanol–water partition coefficient (Wildman–Crippen LogP) is 2.18. The number of hydrogen-bond donors (Lipinski definition) is 1. The van der Waals surface area contributed by atoms with Crippen LogP contribution in [0.1, 0.15) is 32.9 Å². The third-order valence-electron chi connectivity index (χ3n) is 2.74. The van der Waals surface area contributed by atoms with Gasteiger partial charge in [0.1, 0.15) is 0 Å². The fraction of sp³-hybridized carbons (Fsp3) is 0.692. The van der Waals surface area contributed by atoms with E-state index in [1.807, 2.05) is 6.92 Å². The molecule has 0 aliphatic carbocycles. The monoisotopic (exact) mass is 363 g/mol. The quantitative estimate of drug-likeness (QED) is 0.645. The SMILES string of the molecule is Cc1ncn(CCNCCC(C)(C)C)c(=O)c1I. The number of hydrogen-bond acceptors (Lipinski definition) is 3. The van der Waals surface area contributed by atoms with Crippen molar-refractivity contribution in [3.63, 3.8) is 0 Å². The van der Waals surface area contributed by atoms with Crippen LogP contribution in [0.25, 0.3) is 0 Å². The maximum Gasteiger partial charge on any atom is 0.267 e. The molecule has 0 saturated heterocycles. The fourth-order valence-corrected chi connectivity index (χ4v) is 1.94. The van der Waals surface area contributed by atoms with Crippen molar-refractivity contribution in [2.75, 3.05) is 13.1 Å². The van der Waals surface area contributed by atoms with Crippen molar-refractivity contribution >= 4 is 22.6 Å². The van der Waals surface area contributed by atoms with Gasteiger partial charge in [-0.05, 0) is 47.9 Å². The smallest absolute Gasteiger partial charge is 0.267 e. The van der Waals surface area contributed by atoms with E-state index in [0.717, 1.165) is 25.2 Å². The van der Waals surface area contributed by atoms with Gasteiger partial charge < -0.3 is 5.32 Å². The lowest BCUT2D eigenvalue weighted by Gasteiger charge is -2.18. The highest BCUT2D eigenvalue weighted by molar-refractivity contribution is 14.1. The Morgan fingerprint density at radius 1 is 1.39 bits per heavy atom. The number of rotatable bonds is 5. The summed E-state index contributed by atoms with van der Waals surface area (Å²) in [6.45, 7) is 11.0. The normalized spacial score (nSPS) is 11.8. The Labute approximate surface area is 122 Å². The maximum atomic E-state index is 11.9. The van der Waals surface area contributed by atoms with Gasteiger partial charge in [0.25, 0.3) is 5.56 Å². The average molecular weight is 363 g/mol. The summed E-state index contributed by atoms with van der Waals surface area (Å²) in [7, 11) is 0. The highest BCUT2D eigenvalue weighted by atomic mass is 127. The Hall–Kier alpha value is -0.430. The molecule has 0 aliphatic rings. The number of halogens is 1. The molecule has 0 bridgehead atoms. The summed E-state index contributed by atoms with van der Waals surface area (Å²) in [6.07, 6.45) is 2.76. The molecule has 0 fully saturated rings. The van der Waals surface area contributed by atoms with E-state index in [4.69, 9.17) is 0 Å². The van der Waals surface area contributed by atoms with Gasteiger partial charge in [0.05, 0.1) is 15.6 Å². The number of aromatic nitrogens is 2. The summed E-state index contributed by atoms with van der Waals surface area (Å²) in [5.41, 5.74) is 1.21. The lowest BCUT2D eigenvalue weighted by Crippen LogP contribution is -2.30. The number of nitrogens with one attached hydrogen (secondary N) is 1. The highest BCUT2D eigenvalue weighted by Crippen LogP contribution is 2.16. The van der Waals surface area contributed by atoms with Gasteiger partial charge in [-0.2, -0.15) is 0 Å². The highest BCUT2D eigenvalue weighted by Gasteiger charge is 2.09. The second kappa shape index (κ2) is 6.65. The lowest BCUT2D eigenvalue weighted by atomic mass is 9.92. The summed E-state index contributed by atoms with van der Waals surface area (Å²) in [4.78, 5) is 16.1. The molecule has 0 spiro atoms. The van der Waals surface area contributed by atoms with Crippen molar-refractivity contribution in [2.45, 2.75) is 40.7 Å². The van der Waals surface area contributed by atoms with Gasteiger partial charge in [-0.1, -0.05) is 20.8 Å². The van der Waals surface area contributed by atoms with E-state index < -0.39 is 0 Å². The molecule has 5 heteroatoms. The van der Waals surface area contributed by atoms with Crippen molar-refractivity contribution in [3.8, 4) is 0 Å². The molecule has 0 aliphatic heterocycles. The average Bonchev–Trinajstić information content (AvgIpc) is 2.27. The fourth-order valence-electron chi connectivity index (χ4n) is 1.49. The van der Waals surface area contributed by atoms with E-state index in [0.29, 0.717) is 15.5 Å². The summed E-state index contributed by atoms with van der Waals surface area (Å²) in [6, 6.07) is 0. The first-order chi connectivity index (χ1) is 8.31. The number of nitrogens with zero attached hydrogens (tertiary/aromatic N) is 2. The topological polar surface area (TPSA) is 46.9 Å². The molecule has 4 nitrogen and oxygen atoms in total. The van der Waals surface area contributed by atoms with Gasteiger partial charge in [-0.3, -0.25) is 9.36 Å². The van der Waals surface area contributed by atoms with Gasteiger partial charge in [-0.15, -0.1) is 0 Å². The van der Waals surface area contributed by atoms with E-state index in [1.165, 1.54) is 0 Å². The van der Waals surface area contributed by atoms with E-state index in [2.05, 4.69) is 53.7 Å². The van der Waals surface area contributed by atoms with Crippen molar-refractivity contribution in [3.05, 3.63) is 25.9 Å². The van der Waals surface area contributed by atoms with Crippen LogP contribution in [0.4, 0.5) is 0 Å². The van der Waals surface area contributed by atoms with Gasteiger partial charge >= 0.3 is 0 Å². The van der Waals surface area contributed by atoms with Crippen molar-refractivity contribution < 1.29 is 0 Å². The third-order valence-corrected chi connectivity index (χ3v) is 3.98. The van der Waals surface area contributed by atoms with Crippen molar-refractivity contribution in [2.24, 2.45) is 5.41 Å². The molecule has 18 heavy (non-hydrogen) atoms. The minimum Gasteiger partial charge on any atom is -0.315 e. The van der Waals surface area contributed by atoms with Gasteiger partial charge in [0.15, 0.2) is 0 Å². The zero-order chi connectivity index (χ0) is 13.8. The Morgan fingerprint density at radius 3 is 2.67 bits per heavy atom. The molecule has 1 aromatic rings. The van der Waals surface area contributed by atoms with Crippen LogP contribution in [0.15, 0.2) is 11.1 Å². The maximum absolute atomic E-state index is 11.9. The second-order valence-electron chi connectivity index (χ2n) is 5.70. The molecule has 0 amide bonds. The van der Waals surface area contributed by atoms with Gasteiger partial charge in [0, 0.05) is 13.1 Å².